The van der Waals surface area contributed by atoms with Crippen LogP contribution in [0.1, 0.15) is 30.4 Å². The highest BCUT2D eigenvalue weighted by Gasteiger charge is 2.06. The van der Waals surface area contributed by atoms with Crippen LogP contribution in [0.4, 0.5) is 5.82 Å². The smallest absolute Gasteiger partial charge is 0.256 e. The highest BCUT2D eigenvalue weighted by Crippen LogP contribution is 2.24. The molecule has 2 heterocycles. The molecule has 0 aliphatic rings. The van der Waals surface area contributed by atoms with E-state index in [4.69, 9.17) is 4.42 Å². The maximum atomic E-state index is 5.53. The van der Waals surface area contributed by atoms with Gasteiger partial charge in [0, 0.05) is 18.5 Å². The predicted molar refractivity (Wildman–Crippen MR) is 78.6 cm³/mol. The topological polar surface area (TPSA) is 51.0 Å². The molecule has 1 N–H and O–H groups in total. The molecule has 0 aliphatic carbocycles. The summed E-state index contributed by atoms with van der Waals surface area (Å²) in [5.74, 6) is 2.64. The number of oxazole rings is 1. The van der Waals surface area contributed by atoms with Crippen LogP contribution in [-0.4, -0.2) is 16.5 Å². The summed E-state index contributed by atoms with van der Waals surface area (Å²) < 4.78 is 5.53. The zero-order valence-corrected chi connectivity index (χ0v) is 12.4. The van der Waals surface area contributed by atoms with Crippen molar-refractivity contribution in [2.75, 3.05) is 11.9 Å². The molecule has 4 nitrogen and oxygen atoms in total. The fourth-order valence-electron chi connectivity index (χ4n) is 1.52. The van der Waals surface area contributed by atoms with Gasteiger partial charge in [-0.1, -0.05) is 24.8 Å². The maximum Gasteiger partial charge on any atom is 0.256 e. The van der Waals surface area contributed by atoms with Crippen LogP contribution >= 0.6 is 11.8 Å². The minimum Gasteiger partial charge on any atom is -0.437 e. The highest BCUT2D eigenvalue weighted by atomic mass is 32.2. The van der Waals surface area contributed by atoms with E-state index in [2.05, 4.69) is 28.3 Å². The Balaban J connectivity index is 1.89. The molecule has 19 heavy (non-hydrogen) atoms. The lowest BCUT2D eigenvalue weighted by Crippen LogP contribution is -2.01. The van der Waals surface area contributed by atoms with Crippen LogP contribution in [0.3, 0.4) is 0 Å². The average molecular weight is 277 g/mol. The number of nitrogens with zero attached hydrogens (tertiary/aromatic N) is 2. The molecule has 0 saturated carbocycles. The molecular weight excluding hydrogens is 258 g/mol. The Hall–Kier alpha value is -1.49. The van der Waals surface area contributed by atoms with Crippen molar-refractivity contribution >= 4 is 17.6 Å². The van der Waals surface area contributed by atoms with Crippen LogP contribution in [-0.2, 0) is 5.75 Å². The van der Waals surface area contributed by atoms with Crippen molar-refractivity contribution in [2.24, 2.45) is 0 Å². The molecule has 0 spiro atoms. The third kappa shape index (κ3) is 3.99. The molecule has 0 unspecified atom stereocenters. The van der Waals surface area contributed by atoms with E-state index in [0.29, 0.717) is 0 Å². The first-order chi connectivity index (χ1) is 9.19. The van der Waals surface area contributed by atoms with Gasteiger partial charge >= 0.3 is 0 Å². The van der Waals surface area contributed by atoms with Gasteiger partial charge in [-0.2, -0.15) is 0 Å². The summed E-state index contributed by atoms with van der Waals surface area (Å²) >= 11 is 1.59. The average Bonchev–Trinajstić information content (AvgIpc) is 2.74. The fourth-order valence-corrected chi connectivity index (χ4v) is 2.36. The zero-order valence-electron chi connectivity index (χ0n) is 11.6. The van der Waals surface area contributed by atoms with E-state index in [1.54, 1.807) is 11.8 Å². The summed E-state index contributed by atoms with van der Waals surface area (Å²) in [6, 6.07) is 4.10. The predicted octanol–water partition coefficient (Wildman–Crippen LogP) is 3.80. The lowest BCUT2D eigenvalue weighted by atomic mass is 10.3. The van der Waals surface area contributed by atoms with Gasteiger partial charge in [-0.25, -0.2) is 9.97 Å². The van der Waals surface area contributed by atoms with Gasteiger partial charge in [0.25, 0.3) is 5.22 Å². The van der Waals surface area contributed by atoms with Crippen molar-refractivity contribution in [1.82, 2.24) is 9.97 Å². The molecule has 102 valence electrons. The number of hydrogen-bond acceptors (Lipinski definition) is 5. The first-order valence-corrected chi connectivity index (χ1v) is 7.43. The van der Waals surface area contributed by atoms with Gasteiger partial charge in [0.15, 0.2) is 0 Å². The van der Waals surface area contributed by atoms with E-state index in [1.807, 2.05) is 26.1 Å². The second kappa shape index (κ2) is 6.61. The van der Waals surface area contributed by atoms with Crippen LogP contribution in [0.25, 0.3) is 0 Å². The number of anilines is 1. The third-order valence-corrected chi connectivity index (χ3v) is 3.65. The Morgan fingerprint density at radius 2 is 2.16 bits per heavy atom. The van der Waals surface area contributed by atoms with E-state index in [9.17, 15) is 0 Å². The molecule has 0 amide bonds. The van der Waals surface area contributed by atoms with Gasteiger partial charge in [-0.05, 0) is 31.9 Å². The number of thioether (sulfide) groups is 1. The maximum absolute atomic E-state index is 5.53. The SMILES string of the molecule is CCCNc1ccc(CSc2nc(C)c(C)o2)cn1. The molecule has 5 heteroatoms. The summed E-state index contributed by atoms with van der Waals surface area (Å²) in [4.78, 5) is 8.72. The molecule has 2 rings (SSSR count). The molecule has 0 atom stereocenters. The molecule has 0 aromatic carbocycles. The first-order valence-electron chi connectivity index (χ1n) is 6.44. The largest absolute Gasteiger partial charge is 0.437 e. The number of aromatic nitrogens is 2. The molecule has 0 aliphatic heterocycles. The van der Waals surface area contributed by atoms with E-state index in [0.717, 1.165) is 41.2 Å². The number of aryl methyl sites for hydroxylation is 2. The second-order valence-corrected chi connectivity index (χ2v) is 5.32. The molecule has 2 aromatic rings. The van der Waals surface area contributed by atoms with E-state index in [-0.39, 0.29) is 0 Å². The van der Waals surface area contributed by atoms with Crippen molar-refractivity contribution < 1.29 is 4.42 Å². The third-order valence-electron chi connectivity index (χ3n) is 2.75. The van der Waals surface area contributed by atoms with Gasteiger partial charge < -0.3 is 9.73 Å². The summed E-state index contributed by atoms with van der Waals surface area (Å²) in [7, 11) is 0. The Morgan fingerprint density at radius 1 is 1.32 bits per heavy atom. The van der Waals surface area contributed by atoms with Gasteiger partial charge in [0.2, 0.25) is 0 Å². The molecule has 0 fully saturated rings. The Kier molecular flexibility index (Phi) is 4.85. The van der Waals surface area contributed by atoms with E-state index >= 15 is 0 Å². The molecule has 0 radical (unpaired) electrons. The summed E-state index contributed by atoms with van der Waals surface area (Å²) in [5, 5.41) is 3.98. The number of hydrogen-bond donors (Lipinski definition) is 1. The number of pyridine rings is 1. The van der Waals surface area contributed by atoms with Crippen molar-refractivity contribution in [3.63, 3.8) is 0 Å². The van der Waals surface area contributed by atoms with Crippen LogP contribution in [0.5, 0.6) is 0 Å². The summed E-state index contributed by atoms with van der Waals surface area (Å²) in [5.41, 5.74) is 2.13. The lowest BCUT2D eigenvalue weighted by molar-refractivity contribution is 0.431. The fraction of sp³-hybridized carbons (Fsp3) is 0.429. The molecular formula is C14H19N3OS. The zero-order chi connectivity index (χ0) is 13.7. The van der Waals surface area contributed by atoms with Crippen LogP contribution in [0, 0.1) is 13.8 Å². The van der Waals surface area contributed by atoms with E-state index in [1.165, 1.54) is 5.56 Å². The molecule has 0 bridgehead atoms. The minimum absolute atomic E-state index is 0.725. The Labute approximate surface area is 118 Å². The minimum atomic E-state index is 0.725. The standard InChI is InChI=1S/C14H19N3OS/c1-4-7-15-13-6-5-12(8-16-13)9-19-14-17-10(2)11(3)18-14/h5-6,8H,4,7,9H2,1-3H3,(H,15,16). The first kappa shape index (κ1) is 13.9. The molecule has 2 aromatic heterocycles. The van der Waals surface area contributed by atoms with Gasteiger partial charge in [-0.15, -0.1) is 0 Å². The highest BCUT2D eigenvalue weighted by molar-refractivity contribution is 7.98. The monoisotopic (exact) mass is 277 g/mol. The van der Waals surface area contributed by atoms with Crippen molar-refractivity contribution in [3.05, 3.63) is 35.3 Å². The van der Waals surface area contributed by atoms with Crippen LogP contribution in [0.15, 0.2) is 28.0 Å². The van der Waals surface area contributed by atoms with Crippen LogP contribution < -0.4 is 5.32 Å². The van der Waals surface area contributed by atoms with E-state index < -0.39 is 0 Å². The number of nitrogens with one attached hydrogen (secondary N) is 1. The molecule has 0 saturated heterocycles. The number of rotatable bonds is 6. The van der Waals surface area contributed by atoms with Crippen LogP contribution in [0.2, 0.25) is 0 Å². The quantitative estimate of drug-likeness (QED) is 0.814. The van der Waals surface area contributed by atoms with Crippen molar-refractivity contribution in [1.29, 1.82) is 0 Å². The summed E-state index contributed by atoms with van der Waals surface area (Å²) in [6.07, 6.45) is 3.00. The Morgan fingerprint density at radius 3 is 2.74 bits per heavy atom. The van der Waals surface area contributed by atoms with Gasteiger partial charge in [-0.3, -0.25) is 0 Å². The van der Waals surface area contributed by atoms with Crippen molar-refractivity contribution in [2.45, 2.75) is 38.2 Å². The Bertz CT molecular complexity index is 502. The second-order valence-electron chi connectivity index (χ2n) is 4.39. The summed E-state index contributed by atoms with van der Waals surface area (Å²) in [6.45, 7) is 6.98. The van der Waals surface area contributed by atoms with Gasteiger partial charge in [0.1, 0.15) is 11.6 Å². The lowest BCUT2D eigenvalue weighted by Gasteiger charge is -2.04. The van der Waals surface area contributed by atoms with Crippen molar-refractivity contribution in [3.8, 4) is 0 Å². The van der Waals surface area contributed by atoms with Gasteiger partial charge in [0.05, 0.1) is 5.69 Å². The normalized spacial score (nSPS) is 10.7.